The summed E-state index contributed by atoms with van der Waals surface area (Å²) in [7, 11) is 6.03. The van der Waals surface area contributed by atoms with E-state index in [9.17, 15) is 0 Å². The van der Waals surface area contributed by atoms with Crippen LogP contribution < -0.4 is 5.73 Å². The van der Waals surface area contributed by atoms with E-state index < -0.39 is 0 Å². The number of aromatic nitrogens is 4. The van der Waals surface area contributed by atoms with Crippen molar-refractivity contribution in [3.63, 3.8) is 0 Å². The van der Waals surface area contributed by atoms with Crippen molar-refractivity contribution in [1.29, 1.82) is 0 Å². The average Bonchev–Trinajstić information content (AvgIpc) is 3.09. The number of likely N-dealkylation sites (N-methyl/N-ethyl adjacent to an activating group) is 1. The van der Waals surface area contributed by atoms with E-state index >= 15 is 0 Å². The van der Waals surface area contributed by atoms with Crippen LogP contribution >= 0.6 is 0 Å². The highest BCUT2D eigenvalue weighted by molar-refractivity contribution is 5.94. The van der Waals surface area contributed by atoms with Gasteiger partial charge < -0.3 is 10.6 Å². The standard InChI is InChI=1S/C24H30N8/c1-16-14-19-21(23(32(4)30-19)17-8-6-5-7-9-17)22-18(16)15-27-24(29-22)28-20(25)10-11-26-12-13-31(2)3/h5-9,11,15-16H,10,12-14H2,1-4H3,(H2,25,27,28,29). The third kappa shape index (κ3) is 4.60. The Kier molecular flexibility index (Phi) is 6.41. The highest BCUT2D eigenvalue weighted by atomic mass is 15.3. The van der Waals surface area contributed by atoms with Crippen molar-refractivity contribution in [2.75, 3.05) is 27.2 Å². The Bertz CT molecular complexity index is 1140. The minimum atomic E-state index is 0.287. The van der Waals surface area contributed by atoms with Gasteiger partial charge in [0.05, 0.1) is 23.6 Å². The Hall–Kier alpha value is -3.39. The maximum atomic E-state index is 6.12. The molecular formula is C24H30N8. The van der Waals surface area contributed by atoms with Gasteiger partial charge in [0.2, 0.25) is 0 Å². The molecule has 32 heavy (non-hydrogen) atoms. The van der Waals surface area contributed by atoms with Crippen LogP contribution in [-0.4, -0.2) is 63.9 Å². The second-order valence-corrected chi connectivity index (χ2v) is 8.44. The van der Waals surface area contributed by atoms with E-state index in [4.69, 9.17) is 15.8 Å². The normalized spacial score (nSPS) is 15.9. The fourth-order valence-corrected chi connectivity index (χ4v) is 3.98. The molecule has 0 saturated heterocycles. The topological polar surface area (TPSA) is 97.6 Å². The molecule has 2 aromatic heterocycles. The van der Waals surface area contributed by atoms with Gasteiger partial charge in [-0.3, -0.25) is 9.67 Å². The molecule has 8 heteroatoms. The van der Waals surface area contributed by atoms with Crippen LogP contribution in [0.5, 0.6) is 0 Å². The average molecular weight is 431 g/mol. The van der Waals surface area contributed by atoms with Gasteiger partial charge in [0.25, 0.3) is 5.95 Å². The molecule has 0 saturated carbocycles. The summed E-state index contributed by atoms with van der Waals surface area (Å²) >= 11 is 0. The fraction of sp³-hybridized carbons (Fsp3) is 0.375. The van der Waals surface area contributed by atoms with Gasteiger partial charge in [0, 0.05) is 49.1 Å². The molecule has 3 aromatic rings. The Morgan fingerprint density at radius 3 is 2.81 bits per heavy atom. The zero-order chi connectivity index (χ0) is 22.7. The van der Waals surface area contributed by atoms with Crippen LogP contribution in [-0.2, 0) is 13.5 Å². The molecular weight excluding hydrogens is 400 g/mol. The maximum absolute atomic E-state index is 6.12. The van der Waals surface area contributed by atoms with Crippen molar-refractivity contribution in [2.45, 2.75) is 25.7 Å². The first-order valence-corrected chi connectivity index (χ1v) is 10.9. The van der Waals surface area contributed by atoms with Crippen molar-refractivity contribution in [3.05, 3.63) is 47.8 Å². The largest absolute Gasteiger partial charge is 0.387 e. The lowest BCUT2D eigenvalue weighted by Gasteiger charge is -2.21. The van der Waals surface area contributed by atoms with Gasteiger partial charge >= 0.3 is 0 Å². The molecule has 1 unspecified atom stereocenters. The number of fused-ring (bicyclic) bond motifs is 3. The molecule has 2 N–H and O–H groups in total. The number of nitrogens with zero attached hydrogens (tertiary/aromatic N) is 7. The first-order valence-electron chi connectivity index (χ1n) is 10.9. The van der Waals surface area contributed by atoms with Crippen LogP contribution in [0.1, 0.15) is 30.5 Å². The summed E-state index contributed by atoms with van der Waals surface area (Å²) in [5.41, 5.74) is 12.4. The number of hydrogen-bond acceptors (Lipinski definition) is 6. The van der Waals surface area contributed by atoms with Crippen molar-refractivity contribution < 1.29 is 0 Å². The minimum Gasteiger partial charge on any atom is -0.387 e. The Balaban J connectivity index is 1.66. The molecule has 1 aromatic carbocycles. The summed E-state index contributed by atoms with van der Waals surface area (Å²) < 4.78 is 1.95. The molecule has 8 nitrogen and oxygen atoms in total. The van der Waals surface area contributed by atoms with Crippen LogP contribution in [0.25, 0.3) is 22.5 Å². The van der Waals surface area contributed by atoms with E-state index in [1.807, 2.05) is 50.2 Å². The molecule has 0 aliphatic heterocycles. The first-order chi connectivity index (χ1) is 15.4. The lowest BCUT2D eigenvalue weighted by molar-refractivity contribution is 0.421. The van der Waals surface area contributed by atoms with Crippen LogP contribution in [0.2, 0.25) is 0 Å². The Morgan fingerprint density at radius 1 is 1.28 bits per heavy atom. The van der Waals surface area contributed by atoms with Gasteiger partial charge in [0.15, 0.2) is 0 Å². The van der Waals surface area contributed by atoms with Gasteiger partial charge in [-0.15, -0.1) is 0 Å². The molecule has 1 aliphatic carbocycles. The highest BCUT2D eigenvalue weighted by Crippen LogP contribution is 2.43. The number of nitrogens with two attached hydrogens (primary N) is 1. The second-order valence-electron chi connectivity index (χ2n) is 8.44. The van der Waals surface area contributed by atoms with E-state index in [-0.39, 0.29) is 5.92 Å². The van der Waals surface area contributed by atoms with Crippen molar-refractivity contribution in [3.8, 4) is 22.5 Å². The van der Waals surface area contributed by atoms with E-state index in [1.165, 1.54) is 0 Å². The lowest BCUT2D eigenvalue weighted by Crippen LogP contribution is -2.16. The molecule has 166 valence electrons. The first kappa shape index (κ1) is 21.8. The molecule has 4 rings (SSSR count). The summed E-state index contributed by atoms with van der Waals surface area (Å²) in [5.74, 6) is 1.10. The summed E-state index contributed by atoms with van der Waals surface area (Å²) in [5, 5.41) is 4.81. The van der Waals surface area contributed by atoms with Crippen LogP contribution in [0, 0.1) is 0 Å². The molecule has 0 bridgehead atoms. The summed E-state index contributed by atoms with van der Waals surface area (Å²) in [6, 6.07) is 10.3. The predicted octanol–water partition coefficient (Wildman–Crippen LogP) is 3.21. The molecule has 0 spiro atoms. The zero-order valence-corrected chi connectivity index (χ0v) is 19.2. The third-order valence-electron chi connectivity index (χ3n) is 5.59. The van der Waals surface area contributed by atoms with E-state index in [1.54, 1.807) is 6.21 Å². The lowest BCUT2D eigenvalue weighted by atomic mass is 9.85. The molecule has 0 radical (unpaired) electrons. The predicted molar refractivity (Wildman–Crippen MR) is 130 cm³/mol. The number of hydrogen-bond donors (Lipinski definition) is 1. The van der Waals surface area contributed by atoms with Crippen LogP contribution in [0.4, 0.5) is 5.95 Å². The fourth-order valence-electron chi connectivity index (χ4n) is 3.98. The molecule has 1 aliphatic rings. The number of aryl methyl sites for hydroxylation is 1. The Labute approximate surface area is 188 Å². The monoisotopic (exact) mass is 430 g/mol. The molecule has 0 fully saturated rings. The van der Waals surface area contributed by atoms with Crippen LogP contribution in [0.15, 0.2) is 46.5 Å². The summed E-state index contributed by atoms with van der Waals surface area (Å²) in [4.78, 5) is 20.2. The van der Waals surface area contributed by atoms with Gasteiger partial charge in [-0.2, -0.15) is 10.1 Å². The summed E-state index contributed by atoms with van der Waals surface area (Å²) in [6.45, 7) is 3.82. The minimum absolute atomic E-state index is 0.287. The summed E-state index contributed by atoms with van der Waals surface area (Å²) in [6.07, 6.45) is 5.02. The van der Waals surface area contributed by atoms with Crippen LogP contribution in [0.3, 0.4) is 0 Å². The maximum Gasteiger partial charge on any atom is 0.251 e. The van der Waals surface area contributed by atoms with Gasteiger partial charge in [-0.1, -0.05) is 37.3 Å². The van der Waals surface area contributed by atoms with Gasteiger partial charge in [0.1, 0.15) is 5.84 Å². The van der Waals surface area contributed by atoms with E-state index in [0.717, 1.165) is 53.3 Å². The van der Waals surface area contributed by atoms with Crippen molar-refractivity contribution in [1.82, 2.24) is 24.6 Å². The van der Waals surface area contributed by atoms with E-state index in [2.05, 4.69) is 38.9 Å². The van der Waals surface area contributed by atoms with Crippen molar-refractivity contribution >= 4 is 18.0 Å². The van der Waals surface area contributed by atoms with Gasteiger partial charge in [-0.25, -0.2) is 9.97 Å². The Morgan fingerprint density at radius 2 is 2.06 bits per heavy atom. The number of amidine groups is 1. The zero-order valence-electron chi connectivity index (χ0n) is 19.2. The quantitative estimate of drug-likeness (QED) is 0.458. The smallest absolute Gasteiger partial charge is 0.251 e. The molecule has 2 heterocycles. The third-order valence-corrected chi connectivity index (χ3v) is 5.59. The SMILES string of the molecule is CC1Cc2nn(C)c(-c3ccccc3)c2-c2nc(N=C(N)CC=NCCN(C)C)ncc21. The number of aliphatic imine (C=N–C) groups is 2. The van der Waals surface area contributed by atoms with Crippen molar-refractivity contribution in [2.24, 2.45) is 22.8 Å². The number of benzene rings is 1. The van der Waals surface area contributed by atoms with E-state index in [0.29, 0.717) is 18.2 Å². The second kappa shape index (κ2) is 9.40. The molecule has 1 atom stereocenters. The molecule has 0 amide bonds. The number of rotatable bonds is 7. The highest BCUT2D eigenvalue weighted by Gasteiger charge is 2.30. The van der Waals surface area contributed by atoms with Gasteiger partial charge in [-0.05, 0) is 26.4 Å².